The molecule has 0 aliphatic rings. The van der Waals surface area contributed by atoms with E-state index in [9.17, 15) is 0 Å². The minimum absolute atomic E-state index is 0.198. The number of aromatic nitrogens is 1. The highest BCUT2D eigenvalue weighted by Gasteiger charge is 2.09. The Morgan fingerprint density at radius 2 is 1.96 bits per heavy atom. The Labute approximate surface area is 160 Å². The molecule has 5 nitrogen and oxygen atoms in total. The molecule has 0 fully saturated rings. The minimum Gasteiger partial charge on any atom is -0.490 e. The zero-order valence-electron chi connectivity index (χ0n) is 16.6. The van der Waals surface area contributed by atoms with Gasteiger partial charge >= 0.3 is 0 Å². The fourth-order valence-corrected chi connectivity index (χ4v) is 3.26. The van der Waals surface area contributed by atoms with Crippen LogP contribution >= 0.6 is 11.3 Å². The third-order valence-corrected chi connectivity index (χ3v) is 5.35. The van der Waals surface area contributed by atoms with Gasteiger partial charge in [0.2, 0.25) is 0 Å². The molecule has 1 aromatic heterocycles. The van der Waals surface area contributed by atoms with Crippen molar-refractivity contribution in [2.45, 2.75) is 60.2 Å². The minimum atomic E-state index is 0.198. The fourth-order valence-electron chi connectivity index (χ4n) is 2.39. The quantitative estimate of drug-likeness (QED) is 0.566. The molecule has 0 aliphatic heterocycles. The van der Waals surface area contributed by atoms with Gasteiger partial charge in [0, 0.05) is 24.0 Å². The van der Waals surface area contributed by atoms with E-state index in [-0.39, 0.29) is 6.10 Å². The first kappa shape index (κ1) is 20.2. The smallest absolute Gasteiger partial charge is 0.191 e. The number of thiazole rings is 1. The molecular weight excluding hydrogens is 344 g/mol. The molecule has 1 aromatic carbocycles. The molecule has 1 atom stereocenters. The van der Waals surface area contributed by atoms with E-state index in [0.717, 1.165) is 34.4 Å². The maximum Gasteiger partial charge on any atom is 0.191 e. The van der Waals surface area contributed by atoms with Gasteiger partial charge in [-0.1, -0.05) is 19.1 Å². The van der Waals surface area contributed by atoms with Gasteiger partial charge in [-0.05, 0) is 45.7 Å². The molecule has 0 bridgehead atoms. The van der Waals surface area contributed by atoms with Crippen LogP contribution in [0.25, 0.3) is 0 Å². The molecule has 6 heteroatoms. The SMILES string of the molecule is CCC(C)Oc1cc(C)ccc1CNC(=NC)NCc1nc(C)c(C)s1. The molecule has 0 amide bonds. The molecule has 0 aliphatic carbocycles. The number of nitrogens with zero attached hydrogens (tertiary/aromatic N) is 2. The van der Waals surface area contributed by atoms with E-state index in [1.165, 1.54) is 10.4 Å². The molecular formula is C20H30N4OS. The van der Waals surface area contributed by atoms with Crippen molar-refractivity contribution in [1.82, 2.24) is 15.6 Å². The maximum absolute atomic E-state index is 6.08. The zero-order chi connectivity index (χ0) is 19.1. The molecule has 2 rings (SSSR count). The van der Waals surface area contributed by atoms with Gasteiger partial charge in [0.1, 0.15) is 10.8 Å². The van der Waals surface area contributed by atoms with E-state index in [2.05, 4.69) is 66.5 Å². The second-order valence-corrected chi connectivity index (χ2v) is 7.76. The summed E-state index contributed by atoms with van der Waals surface area (Å²) in [5.74, 6) is 1.69. The summed E-state index contributed by atoms with van der Waals surface area (Å²) in [4.78, 5) is 10.1. The van der Waals surface area contributed by atoms with Crippen LogP contribution in [0.15, 0.2) is 23.2 Å². The van der Waals surface area contributed by atoms with Gasteiger partial charge in [0.25, 0.3) is 0 Å². The van der Waals surface area contributed by atoms with Crippen molar-refractivity contribution in [3.63, 3.8) is 0 Å². The van der Waals surface area contributed by atoms with Crippen LogP contribution in [0.5, 0.6) is 5.75 Å². The summed E-state index contributed by atoms with van der Waals surface area (Å²) in [6.07, 6.45) is 1.18. The van der Waals surface area contributed by atoms with Gasteiger partial charge in [0.15, 0.2) is 5.96 Å². The van der Waals surface area contributed by atoms with Gasteiger partial charge in [0.05, 0.1) is 18.3 Å². The van der Waals surface area contributed by atoms with Gasteiger partial charge in [-0.3, -0.25) is 4.99 Å². The molecule has 1 heterocycles. The molecule has 2 aromatic rings. The van der Waals surface area contributed by atoms with E-state index in [1.807, 2.05) is 6.92 Å². The van der Waals surface area contributed by atoms with Gasteiger partial charge in [-0.25, -0.2) is 4.98 Å². The molecule has 1 unspecified atom stereocenters. The van der Waals surface area contributed by atoms with Crippen molar-refractivity contribution in [3.8, 4) is 5.75 Å². The van der Waals surface area contributed by atoms with Crippen LogP contribution in [0, 0.1) is 20.8 Å². The molecule has 0 spiro atoms. The topological polar surface area (TPSA) is 58.5 Å². The average Bonchev–Trinajstić information content (AvgIpc) is 2.94. The zero-order valence-corrected chi connectivity index (χ0v) is 17.5. The lowest BCUT2D eigenvalue weighted by Crippen LogP contribution is -2.36. The molecule has 0 saturated carbocycles. The number of nitrogens with one attached hydrogen (secondary N) is 2. The summed E-state index contributed by atoms with van der Waals surface area (Å²) >= 11 is 1.72. The van der Waals surface area contributed by atoms with Crippen LogP contribution in [-0.2, 0) is 13.1 Å². The van der Waals surface area contributed by atoms with Crippen molar-refractivity contribution in [2.24, 2.45) is 4.99 Å². The van der Waals surface area contributed by atoms with Crippen molar-refractivity contribution < 1.29 is 4.74 Å². The Bertz CT molecular complexity index is 735. The number of rotatable bonds is 7. The van der Waals surface area contributed by atoms with E-state index in [0.29, 0.717) is 13.1 Å². The van der Waals surface area contributed by atoms with Gasteiger partial charge in [-0.2, -0.15) is 0 Å². The van der Waals surface area contributed by atoms with E-state index < -0.39 is 0 Å². The molecule has 26 heavy (non-hydrogen) atoms. The third-order valence-electron chi connectivity index (χ3n) is 4.28. The molecule has 2 N–H and O–H groups in total. The highest BCUT2D eigenvalue weighted by molar-refractivity contribution is 7.11. The molecule has 0 saturated heterocycles. The Morgan fingerprint density at radius 1 is 1.23 bits per heavy atom. The summed E-state index contributed by atoms with van der Waals surface area (Å²) < 4.78 is 6.08. The number of guanidine groups is 1. The van der Waals surface area contributed by atoms with Gasteiger partial charge in [-0.15, -0.1) is 11.3 Å². The first-order valence-electron chi connectivity index (χ1n) is 9.06. The molecule has 142 valence electrons. The van der Waals surface area contributed by atoms with Crippen LogP contribution in [0.4, 0.5) is 0 Å². The highest BCUT2D eigenvalue weighted by Crippen LogP contribution is 2.22. The van der Waals surface area contributed by atoms with E-state index >= 15 is 0 Å². The number of ether oxygens (including phenoxy) is 1. The lowest BCUT2D eigenvalue weighted by molar-refractivity contribution is 0.215. The highest BCUT2D eigenvalue weighted by atomic mass is 32.1. The lowest BCUT2D eigenvalue weighted by atomic mass is 10.1. The predicted octanol–water partition coefficient (Wildman–Crippen LogP) is 4.11. The number of aryl methyl sites for hydroxylation is 3. The second kappa shape index (κ2) is 9.57. The Hall–Kier alpha value is -2.08. The summed E-state index contributed by atoms with van der Waals surface area (Å²) in [5.41, 5.74) is 3.42. The standard InChI is InChI=1S/C20H30N4OS/c1-7-14(3)25-18-10-13(2)8-9-17(18)11-22-20(21-6)23-12-19-24-15(4)16(5)26-19/h8-10,14H,7,11-12H2,1-6H3,(H2,21,22,23). The Balaban J connectivity index is 1.97. The van der Waals surface area contributed by atoms with E-state index in [4.69, 9.17) is 4.74 Å². The fraction of sp³-hybridized carbons (Fsp3) is 0.500. The Kier molecular flexibility index (Phi) is 7.45. The first-order chi connectivity index (χ1) is 12.4. The normalized spacial score (nSPS) is 12.8. The summed E-state index contributed by atoms with van der Waals surface area (Å²) in [5, 5.41) is 7.76. The van der Waals surface area contributed by atoms with Crippen LogP contribution in [-0.4, -0.2) is 24.1 Å². The van der Waals surface area contributed by atoms with Crippen LogP contribution in [0.3, 0.4) is 0 Å². The summed E-state index contributed by atoms with van der Waals surface area (Å²) in [7, 11) is 1.78. The average molecular weight is 375 g/mol. The number of hydrogen-bond acceptors (Lipinski definition) is 4. The van der Waals surface area contributed by atoms with Crippen LogP contribution in [0.1, 0.15) is 47.0 Å². The predicted molar refractivity (Wildman–Crippen MR) is 110 cm³/mol. The number of hydrogen-bond donors (Lipinski definition) is 2. The number of aliphatic imine (C=N–C) groups is 1. The maximum atomic E-state index is 6.08. The first-order valence-corrected chi connectivity index (χ1v) is 9.88. The van der Waals surface area contributed by atoms with Crippen molar-refractivity contribution in [2.75, 3.05) is 7.05 Å². The monoisotopic (exact) mass is 374 g/mol. The third kappa shape index (κ3) is 5.73. The van der Waals surface area contributed by atoms with E-state index in [1.54, 1.807) is 18.4 Å². The van der Waals surface area contributed by atoms with Crippen LogP contribution < -0.4 is 15.4 Å². The second-order valence-electron chi connectivity index (χ2n) is 6.48. The number of benzene rings is 1. The van der Waals surface area contributed by atoms with Crippen molar-refractivity contribution in [1.29, 1.82) is 0 Å². The summed E-state index contributed by atoms with van der Waals surface area (Å²) in [6, 6.07) is 6.32. The van der Waals surface area contributed by atoms with Crippen molar-refractivity contribution >= 4 is 17.3 Å². The van der Waals surface area contributed by atoms with Gasteiger partial charge < -0.3 is 15.4 Å². The van der Waals surface area contributed by atoms with Crippen LogP contribution in [0.2, 0.25) is 0 Å². The Morgan fingerprint density at radius 3 is 2.58 bits per heavy atom. The lowest BCUT2D eigenvalue weighted by Gasteiger charge is -2.18. The largest absolute Gasteiger partial charge is 0.490 e. The molecule has 0 radical (unpaired) electrons. The summed E-state index contributed by atoms with van der Waals surface area (Å²) in [6.45, 7) is 11.8. The van der Waals surface area contributed by atoms with Crippen molar-refractivity contribution in [3.05, 3.63) is 44.9 Å².